The minimum atomic E-state index is 0.0319. The van der Waals surface area contributed by atoms with E-state index >= 15 is 0 Å². The molecule has 0 radical (unpaired) electrons. The molecule has 2 aliphatic rings. The first-order chi connectivity index (χ1) is 14.6. The molecule has 3 aromatic rings. The number of fused-ring (bicyclic) bond motifs is 2. The van der Waals surface area contributed by atoms with Crippen molar-refractivity contribution in [1.29, 1.82) is 0 Å². The summed E-state index contributed by atoms with van der Waals surface area (Å²) in [5.74, 6) is 0.331. The fourth-order valence-corrected chi connectivity index (χ4v) is 4.79. The van der Waals surface area contributed by atoms with E-state index in [9.17, 15) is 9.90 Å². The van der Waals surface area contributed by atoms with Crippen LogP contribution in [0.5, 0.6) is 5.75 Å². The molecule has 0 atom stereocenters. The van der Waals surface area contributed by atoms with Crippen LogP contribution in [0.2, 0.25) is 0 Å². The summed E-state index contributed by atoms with van der Waals surface area (Å²) in [4.78, 5) is 16.1. The number of aryl methyl sites for hydroxylation is 1. The van der Waals surface area contributed by atoms with Crippen LogP contribution in [-0.2, 0) is 17.8 Å². The second kappa shape index (κ2) is 7.62. The zero-order valence-electron chi connectivity index (χ0n) is 17.1. The van der Waals surface area contributed by atoms with Gasteiger partial charge in [0.05, 0.1) is 0 Å². The van der Waals surface area contributed by atoms with Crippen LogP contribution >= 0.6 is 0 Å². The molecule has 1 N–H and O–H groups in total. The largest absolute Gasteiger partial charge is 0.508 e. The Morgan fingerprint density at radius 1 is 1.07 bits per heavy atom. The molecule has 2 aliphatic heterocycles. The molecule has 4 heteroatoms. The molecule has 1 saturated heterocycles. The van der Waals surface area contributed by atoms with E-state index < -0.39 is 0 Å². The van der Waals surface area contributed by atoms with Crippen molar-refractivity contribution in [2.75, 3.05) is 19.6 Å². The van der Waals surface area contributed by atoms with Crippen molar-refractivity contribution in [2.45, 2.75) is 25.4 Å². The lowest BCUT2D eigenvalue weighted by molar-refractivity contribution is -0.133. The van der Waals surface area contributed by atoms with Crippen LogP contribution in [0.25, 0.3) is 21.9 Å². The van der Waals surface area contributed by atoms with Crippen LogP contribution in [0, 0.1) is 0 Å². The highest BCUT2D eigenvalue weighted by atomic mass is 16.3. The summed E-state index contributed by atoms with van der Waals surface area (Å²) >= 11 is 0. The van der Waals surface area contributed by atoms with Crippen molar-refractivity contribution < 1.29 is 9.90 Å². The van der Waals surface area contributed by atoms with Crippen LogP contribution in [0.4, 0.5) is 0 Å². The smallest absolute Gasteiger partial charge is 0.246 e. The molecule has 0 bridgehead atoms. The zero-order valence-corrected chi connectivity index (χ0v) is 17.1. The van der Waals surface area contributed by atoms with E-state index in [-0.39, 0.29) is 5.91 Å². The molecule has 0 saturated carbocycles. The van der Waals surface area contributed by atoms with Gasteiger partial charge in [0.1, 0.15) is 5.75 Å². The van der Waals surface area contributed by atoms with Gasteiger partial charge in [0.2, 0.25) is 5.91 Å². The number of aromatic hydroxyl groups is 1. The first-order valence-corrected chi connectivity index (χ1v) is 10.6. The highest BCUT2D eigenvalue weighted by molar-refractivity contribution is 5.98. The average molecular weight is 399 g/mol. The fraction of sp³-hybridized carbons (Fsp3) is 0.269. The van der Waals surface area contributed by atoms with E-state index in [1.165, 1.54) is 17.2 Å². The number of phenolic OH excluding ortho intramolecular Hbond substituents is 1. The first-order valence-electron chi connectivity index (χ1n) is 10.6. The maximum atomic E-state index is 11.7. The van der Waals surface area contributed by atoms with Crippen molar-refractivity contribution in [3.63, 3.8) is 0 Å². The maximum absolute atomic E-state index is 11.7. The van der Waals surface area contributed by atoms with E-state index in [1.807, 2.05) is 35.2 Å². The van der Waals surface area contributed by atoms with E-state index in [2.05, 4.69) is 35.7 Å². The first kappa shape index (κ1) is 18.9. The fourth-order valence-electron chi connectivity index (χ4n) is 4.79. The molecule has 3 aromatic carbocycles. The lowest BCUT2D eigenvalue weighted by Crippen LogP contribution is -2.60. The number of nitrogens with zero attached hydrogens (tertiary/aromatic N) is 2. The Morgan fingerprint density at radius 2 is 1.90 bits per heavy atom. The molecule has 0 aliphatic carbocycles. The molecule has 2 heterocycles. The van der Waals surface area contributed by atoms with Gasteiger partial charge in [0.25, 0.3) is 0 Å². The lowest BCUT2D eigenvalue weighted by atomic mass is 9.93. The molecule has 0 spiro atoms. The Kier molecular flexibility index (Phi) is 4.80. The molecule has 0 unspecified atom stereocenters. The van der Waals surface area contributed by atoms with Gasteiger partial charge in [-0.3, -0.25) is 9.69 Å². The van der Waals surface area contributed by atoms with E-state index in [0.717, 1.165) is 60.9 Å². The number of rotatable bonds is 3. The Balaban J connectivity index is 1.41. The van der Waals surface area contributed by atoms with Crippen LogP contribution in [0.3, 0.4) is 0 Å². The molecule has 4 nitrogen and oxygen atoms in total. The Bertz CT molecular complexity index is 1130. The van der Waals surface area contributed by atoms with Gasteiger partial charge in [-0.25, -0.2) is 0 Å². The standard InChI is InChI=1S/C26H26N2O2/c1-2-26(30)28-16-22(17-28)27-11-5-7-18-12-20(9-10-21(18)15-27)25-14-23(29)13-19-6-3-4-8-24(19)25/h2-4,6,8-10,12-14,22,29H,1,5,7,11,15-17H2. The lowest BCUT2D eigenvalue weighted by Gasteiger charge is -2.44. The molecular formula is C26H26N2O2. The van der Waals surface area contributed by atoms with Crippen molar-refractivity contribution in [3.05, 3.63) is 78.4 Å². The third-order valence-electron chi connectivity index (χ3n) is 6.49. The number of likely N-dealkylation sites (tertiary alicyclic amines) is 1. The topological polar surface area (TPSA) is 43.8 Å². The average Bonchev–Trinajstić information content (AvgIpc) is 2.93. The molecule has 5 rings (SSSR count). The third kappa shape index (κ3) is 3.37. The highest BCUT2D eigenvalue weighted by Crippen LogP contribution is 2.35. The number of carbonyl (C=O) groups is 1. The van der Waals surface area contributed by atoms with Gasteiger partial charge in [-0.2, -0.15) is 0 Å². The Morgan fingerprint density at radius 3 is 2.73 bits per heavy atom. The van der Waals surface area contributed by atoms with Crippen molar-refractivity contribution in [3.8, 4) is 16.9 Å². The summed E-state index contributed by atoms with van der Waals surface area (Å²) < 4.78 is 0. The van der Waals surface area contributed by atoms with Gasteiger partial charge < -0.3 is 10.0 Å². The molecule has 1 fully saturated rings. The number of hydrogen-bond acceptors (Lipinski definition) is 3. The summed E-state index contributed by atoms with van der Waals surface area (Å²) in [7, 11) is 0. The molecule has 0 aromatic heterocycles. The van der Waals surface area contributed by atoms with Crippen molar-refractivity contribution in [1.82, 2.24) is 9.80 Å². The van der Waals surface area contributed by atoms with Gasteiger partial charge in [0.15, 0.2) is 0 Å². The van der Waals surface area contributed by atoms with Crippen molar-refractivity contribution in [2.24, 2.45) is 0 Å². The summed E-state index contributed by atoms with van der Waals surface area (Å²) in [6.07, 6.45) is 3.57. The summed E-state index contributed by atoms with van der Waals surface area (Å²) in [6, 6.07) is 19.0. The quantitative estimate of drug-likeness (QED) is 0.667. The predicted octanol–water partition coefficient (Wildman–Crippen LogP) is 4.36. The van der Waals surface area contributed by atoms with Gasteiger partial charge in [-0.05, 0) is 70.6 Å². The van der Waals surface area contributed by atoms with Gasteiger partial charge in [-0.15, -0.1) is 0 Å². The highest BCUT2D eigenvalue weighted by Gasteiger charge is 2.34. The number of benzene rings is 3. The van der Waals surface area contributed by atoms with Crippen LogP contribution in [-0.4, -0.2) is 46.5 Å². The van der Waals surface area contributed by atoms with E-state index in [1.54, 1.807) is 0 Å². The molecule has 1 amide bonds. The molecule has 152 valence electrons. The SMILES string of the molecule is C=CC(=O)N1CC(N2CCCc3cc(-c4cc(O)cc5ccccc45)ccc3C2)C1. The summed E-state index contributed by atoms with van der Waals surface area (Å²) in [6.45, 7) is 7.16. The number of amides is 1. The van der Waals surface area contributed by atoms with Crippen LogP contribution < -0.4 is 0 Å². The van der Waals surface area contributed by atoms with Crippen LogP contribution in [0.1, 0.15) is 17.5 Å². The predicted molar refractivity (Wildman–Crippen MR) is 120 cm³/mol. The van der Waals surface area contributed by atoms with Gasteiger partial charge in [-0.1, -0.05) is 49.0 Å². The zero-order chi connectivity index (χ0) is 20.7. The summed E-state index contributed by atoms with van der Waals surface area (Å²) in [5, 5.41) is 12.4. The minimum absolute atomic E-state index is 0.0319. The number of phenols is 1. The second-order valence-corrected chi connectivity index (χ2v) is 8.37. The maximum Gasteiger partial charge on any atom is 0.246 e. The van der Waals surface area contributed by atoms with Gasteiger partial charge >= 0.3 is 0 Å². The van der Waals surface area contributed by atoms with E-state index in [4.69, 9.17) is 0 Å². The normalized spacial score (nSPS) is 17.3. The second-order valence-electron chi connectivity index (χ2n) is 8.37. The Labute approximate surface area is 177 Å². The molecular weight excluding hydrogens is 372 g/mol. The number of carbonyl (C=O) groups excluding carboxylic acids is 1. The number of hydrogen-bond donors (Lipinski definition) is 1. The minimum Gasteiger partial charge on any atom is -0.508 e. The van der Waals surface area contributed by atoms with Gasteiger partial charge in [0, 0.05) is 25.7 Å². The van der Waals surface area contributed by atoms with Crippen molar-refractivity contribution >= 4 is 16.7 Å². The summed E-state index contributed by atoms with van der Waals surface area (Å²) in [5.41, 5.74) is 4.99. The van der Waals surface area contributed by atoms with Crippen LogP contribution in [0.15, 0.2) is 67.3 Å². The monoisotopic (exact) mass is 398 g/mol. The third-order valence-corrected chi connectivity index (χ3v) is 6.49. The molecule has 30 heavy (non-hydrogen) atoms. The Hall–Kier alpha value is -3.11. The van der Waals surface area contributed by atoms with E-state index in [0.29, 0.717) is 11.8 Å².